The predicted molar refractivity (Wildman–Crippen MR) is 76.7 cm³/mol. The molecule has 0 radical (unpaired) electrons. The minimum Gasteiger partial charge on any atom is -0.316 e. The van der Waals surface area contributed by atoms with E-state index in [1.54, 1.807) is 12.1 Å². The smallest absolute Gasteiger partial charge is 0.240 e. The maximum Gasteiger partial charge on any atom is 0.240 e. The zero-order valence-electron chi connectivity index (χ0n) is 11.1. The highest BCUT2D eigenvalue weighted by atomic mass is 35.5. The van der Waals surface area contributed by atoms with Crippen LogP contribution in [0.5, 0.6) is 0 Å². The van der Waals surface area contributed by atoms with E-state index in [-0.39, 0.29) is 4.90 Å². The van der Waals surface area contributed by atoms with Gasteiger partial charge in [-0.15, -0.1) is 0 Å². The molecule has 0 amide bonds. The summed E-state index contributed by atoms with van der Waals surface area (Å²) in [5, 5.41) is 3.46. The number of sulfonamides is 1. The van der Waals surface area contributed by atoms with E-state index in [9.17, 15) is 8.42 Å². The maximum absolute atomic E-state index is 12.1. The largest absolute Gasteiger partial charge is 0.316 e. The molecule has 1 aliphatic carbocycles. The van der Waals surface area contributed by atoms with Crippen molar-refractivity contribution in [1.82, 2.24) is 10.0 Å². The zero-order chi connectivity index (χ0) is 14.0. The maximum atomic E-state index is 12.1. The van der Waals surface area contributed by atoms with Crippen molar-refractivity contribution in [1.29, 1.82) is 0 Å². The van der Waals surface area contributed by atoms with E-state index >= 15 is 0 Å². The minimum atomic E-state index is -3.45. The van der Waals surface area contributed by atoms with Crippen LogP contribution in [0.25, 0.3) is 0 Å². The topological polar surface area (TPSA) is 58.2 Å². The highest BCUT2D eigenvalue weighted by molar-refractivity contribution is 7.89. The standard InChI is InChI=1S/C13H19ClN2O2S/c1-9-5-11(9)8-16-19(17,18)12-4-3-10(7-15-2)13(14)6-12/h3-4,6,9,11,15-16H,5,7-8H2,1-2H3. The predicted octanol–water partition coefficient (Wildman–Crippen LogP) is 1.99. The first-order valence-electron chi connectivity index (χ1n) is 6.36. The molecule has 0 aliphatic heterocycles. The highest BCUT2D eigenvalue weighted by Crippen LogP contribution is 2.37. The SMILES string of the molecule is CNCc1ccc(S(=O)(=O)NCC2CC2C)cc1Cl. The fourth-order valence-corrected chi connectivity index (χ4v) is 3.44. The Hall–Kier alpha value is -0.620. The molecule has 6 heteroatoms. The molecule has 1 fully saturated rings. The molecule has 0 saturated heterocycles. The molecule has 0 aromatic heterocycles. The van der Waals surface area contributed by atoms with Gasteiger partial charge in [-0.3, -0.25) is 0 Å². The van der Waals surface area contributed by atoms with Gasteiger partial charge in [-0.25, -0.2) is 13.1 Å². The first-order valence-corrected chi connectivity index (χ1v) is 8.23. The molecule has 2 N–H and O–H groups in total. The number of hydrogen-bond acceptors (Lipinski definition) is 3. The first kappa shape index (κ1) is 14.8. The molecule has 1 aromatic rings. The van der Waals surface area contributed by atoms with Crippen molar-refractivity contribution in [3.8, 4) is 0 Å². The van der Waals surface area contributed by atoms with Crippen LogP contribution in [0.3, 0.4) is 0 Å². The van der Waals surface area contributed by atoms with Crippen molar-refractivity contribution in [2.24, 2.45) is 11.8 Å². The van der Waals surface area contributed by atoms with Crippen molar-refractivity contribution in [3.05, 3.63) is 28.8 Å². The second-order valence-corrected chi connectivity index (χ2v) is 7.28. The van der Waals surface area contributed by atoms with E-state index in [4.69, 9.17) is 11.6 Å². The quantitative estimate of drug-likeness (QED) is 0.845. The van der Waals surface area contributed by atoms with Crippen molar-refractivity contribution >= 4 is 21.6 Å². The molecular formula is C13H19ClN2O2S. The summed E-state index contributed by atoms with van der Waals surface area (Å²) in [5.74, 6) is 1.11. The summed E-state index contributed by atoms with van der Waals surface area (Å²) in [6, 6.07) is 4.84. The van der Waals surface area contributed by atoms with Crippen molar-refractivity contribution in [2.75, 3.05) is 13.6 Å². The van der Waals surface area contributed by atoms with E-state index in [1.807, 2.05) is 7.05 Å². The Balaban J connectivity index is 2.09. The van der Waals surface area contributed by atoms with Gasteiger partial charge in [0.25, 0.3) is 0 Å². The zero-order valence-corrected chi connectivity index (χ0v) is 12.7. The van der Waals surface area contributed by atoms with E-state index in [2.05, 4.69) is 17.0 Å². The Kier molecular flexibility index (Phi) is 4.50. The number of hydrogen-bond donors (Lipinski definition) is 2. The summed E-state index contributed by atoms with van der Waals surface area (Å²) in [7, 11) is -1.63. The van der Waals surface area contributed by atoms with Gasteiger partial charge in [0.15, 0.2) is 0 Å². The monoisotopic (exact) mass is 302 g/mol. The molecule has 1 aromatic carbocycles. The van der Waals surface area contributed by atoms with Gasteiger partial charge in [-0.05, 0) is 43.0 Å². The van der Waals surface area contributed by atoms with Crippen molar-refractivity contribution < 1.29 is 8.42 Å². The van der Waals surface area contributed by atoms with Gasteiger partial charge in [0.2, 0.25) is 10.0 Å². The molecule has 1 aliphatic rings. The van der Waals surface area contributed by atoms with Gasteiger partial charge in [-0.1, -0.05) is 24.6 Å². The lowest BCUT2D eigenvalue weighted by Gasteiger charge is -2.09. The molecule has 19 heavy (non-hydrogen) atoms. The van der Waals surface area contributed by atoms with Gasteiger partial charge in [-0.2, -0.15) is 0 Å². The van der Waals surface area contributed by atoms with Crippen LogP contribution in [0.4, 0.5) is 0 Å². The summed E-state index contributed by atoms with van der Waals surface area (Å²) < 4.78 is 26.9. The van der Waals surface area contributed by atoms with Gasteiger partial charge in [0, 0.05) is 18.1 Å². The second kappa shape index (κ2) is 5.79. The lowest BCUT2D eigenvalue weighted by Crippen LogP contribution is -2.26. The summed E-state index contributed by atoms with van der Waals surface area (Å²) in [5.41, 5.74) is 0.888. The van der Waals surface area contributed by atoms with Crippen LogP contribution >= 0.6 is 11.6 Å². The van der Waals surface area contributed by atoms with E-state index in [0.29, 0.717) is 29.9 Å². The summed E-state index contributed by atoms with van der Waals surface area (Å²) >= 11 is 6.08. The fraction of sp³-hybridized carbons (Fsp3) is 0.538. The molecule has 4 nitrogen and oxygen atoms in total. The summed E-state index contributed by atoms with van der Waals surface area (Å²) in [6.07, 6.45) is 1.10. The minimum absolute atomic E-state index is 0.227. The number of halogens is 1. The Morgan fingerprint density at radius 1 is 1.42 bits per heavy atom. The summed E-state index contributed by atoms with van der Waals surface area (Å²) in [4.78, 5) is 0.227. The van der Waals surface area contributed by atoms with Crippen LogP contribution in [-0.4, -0.2) is 22.0 Å². The molecule has 2 atom stereocenters. The number of benzene rings is 1. The molecule has 0 spiro atoms. The third-order valence-electron chi connectivity index (χ3n) is 3.51. The molecule has 2 rings (SSSR count). The first-order chi connectivity index (χ1) is 8.94. The highest BCUT2D eigenvalue weighted by Gasteiger charge is 2.33. The van der Waals surface area contributed by atoms with Crippen LogP contribution in [0.1, 0.15) is 18.9 Å². The second-order valence-electron chi connectivity index (χ2n) is 5.11. The lowest BCUT2D eigenvalue weighted by molar-refractivity contribution is 0.574. The molecule has 2 unspecified atom stereocenters. The average molecular weight is 303 g/mol. The fourth-order valence-electron chi connectivity index (χ4n) is 2.01. The lowest BCUT2D eigenvalue weighted by atomic mass is 10.2. The Labute approximate surface area is 119 Å². The average Bonchev–Trinajstić information content (AvgIpc) is 3.06. The molecule has 106 valence electrons. The van der Waals surface area contributed by atoms with Crippen LogP contribution in [0.15, 0.2) is 23.1 Å². The Bertz CT molecular complexity index is 560. The number of nitrogens with one attached hydrogen (secondary N) is 2. The van der Waals surface area contributed by atoms with Crippen LogP contribution in [0.2, 0.25) is 5.02 Å². The van der Waals surface area contributed by atoms with E-state index in [1.165, 1.54) is 6.07 Å². The van der Waals surface area contributed by atoms with Gasteiger partial charge in [0.1, 0.15) is 0 Å². The van der Waals surface area contributed by atoms with Crippen LogP contribution in [0, 0.1) is 11.8 Å². The van der Waals surface area contributed by atoms with Crippen LogP contribution < -0.4 is 10.0 Å². The molecule has 0 heterocycles. The van der Waals surface area contributed by atoms with E-state index < -0.39 is 10.0 Å². The van der Waals surface area contributed by atoms with Gasteiger partial charge < -0.3 is 5.32 Å². The summed E-state index contributed by atoms with van der Waals surface area (Å²) in [6.45, 7) is 3.26. The van der Waals surface area contributed by atoms with Crippen molar-refractivity contribution in [3.63, 3.8) is 0 Å². The van der Waals surface area contributed by atoms with Crippen molar-refractivity contribution in [2.45, 2.75) is 24.8 Å². The Morgan fingerprint density at radius 3 is 2.63 bits per heavy atom. The Morgan fingerprint density at radius 2 is 2.11 bits per heavy atom. The molecule has 1 saturated carbocycles. The van der Waals surface area contributed by atoms with E-state index in [0.717, 1.165) is 12.0 Å². The normalized spacial score (nSPS) is 22.5. The number of rotatable bonds is 6. The van der Waals surface area contributed by atoms with Crippen LogP contribution in [-0.2, 0) is 16.6 Å². The molecule has 0 bridgehead atoms. The third-order valence-corrected chi connectivity index (χ3v) is 5.29. The van der Waals surface area contributed by atoms with Gasteiger partial charge >= 0.3 is 0 Å². The molecular weight excluding hydrogens is 284 g/mol. The third kappa shape index (κ3) is 3.69. The van der Waals surface area contributed by atoms with Gasteiger partial charge in [0.05, 0.1) is 4.90 Å².